The maximum Gasteiger partial charge on any atom is 0.365 e. The lowest BCUT2D eigenvalue weighted by atomic mass is 10.1. The second-order valence-electron chi connectivity index (χ2n) is 4.99. The normalized spacial score (nSPS) is 10.3. The van der Waals surface area contributed by atoms with Gasteiger partial charge in [-0.1, -0.05) is 47.1 Å². The third-order valence-electron chi connectivity index (χ3n) is 3.30. The fourth-order valence-electron chi connectivity index (χ4n) is 2.05. The number of benzene rings is 2. The molecule has 0 unspecified atom stereocenters. The van der Waals surface area contributed by atoms with E-state index in [0.717, 1.165) is 11.1 Å². The van der Waals surface area contributed by atoms with Gasteiger partial charge in [0.2, 0.25) is 0 Å². The lowest BCUT2D eigenvalue weighted by Gasteiger charge is -2.03. The van der Waals surface area contributed by atoms with Gasteiger partial charge in [-0.2, -0.15) is 0 Å². The molecule has 2 aromatic carbocycles. The van der Waals surface area contributed by atoms with Gasteiger partial charge in [0, 0.05) is 11.6 Å². The standard InChI is InChI=1S/C18H13NO4/c1-12-6-8-13(9-7-12)17-10-15(19-23-17)18(21)22-16-5-3-2-4-14(16)11-20/h2-11H,1H3. The van der Waals surface area contributed by atoms with Crippen LogP contribution in [-0.4, -0.2) is 17.4 Å². The molecule has 3 aromatic rings. The van der Waals surface area contributed by atoms with Crippen molar-refractivity contribution >= 4 is 12.3 Å². The Labute approximate surface area is 132 Å². The molecule has 0 aliphatic heterocycles. The lowest BCUT2D eigenvalue weighted by Crippen LogP contribution is -2.09. The van der Waals surface area contributed by atoms with E-state index in [2.05, 4.69) is 5.16 Å². The number of nitrogens with zero attached hydrogens (tertiary/aromatic N) is 1. The largest absolute Gasteiger partial charge is 0.421 e. The van der Waals surface area contributed by atoms with Gasteiger partial charge < -0.3 is 9.26 Å². The third-order valence-corrected chi connectivity index (χ3v) is 3.30. The number of carbonyl (C=O) groups excluding carboxylic acids is 2. The highest BCUT2D eigenvalue weighted by Crippen LogP contribution is 2.22. The molecule has 0 N–H and O–H groups in total. The van der Waals surface area contributed by atoms with Crippen LogP contribution >= 0.6 is 0 Å². The summed E-state index contributed by atoms with van der Waals surface area (Å²) in [5, 5.41) is 3.73. The summed E-state index contributed by atoms with van der Waals surface area (Å²) in [5.41, 5.74) is 2.28. The zero-order valence-electron chi connectivity index (χ0n) is 12.4. The molecule has 0 saturated heterocycles. The first-order chi connectivity index (χ1) is 11.2. The molecule has 0 radical (unpaired) electrons. The Hall–Kier alpha value is -3.21. The summed E-state index contributed by atoms with van der Waals surface area (Å²) in [6.07, 6.45) is 0.628. The molecule has 0 fully saturated rings. The van der Waals surface area contributed by atoms with Crippen molar-refractivity contribution in [3.63, 3.8) is 0 Å². The molecule has 0 atom stereocenters. The molecule has 3 rings (SSSR count). The summed E-state index contributed by atoms with van der Waals surface area (Å²) < 4.78 is 10.4. The topological polar surface area (TPSA) is 69.4 Å². The number of ether oxygens (including phenoxy) is 1. The van der Waals surface area contributed by atoms with Crippen LogP contribution in [0.2, 0.25) is 0 Å². The van der Waals surface area contributed by atoms with Crippen LogP contribution in [0.5, 0.6) is 5.75 Å². The molecule has 0 bridgehead atoms. The van der Waals surface area contributed by atoms with E-state index >= 15 is 0 Å². The molecule has 5 heteroatoms. The number of rotatable bonds is 4. The molecular weight excluding hydrogens is 294 g/mol. The van der Waals surface area contributed by atoms with Crippen molar-refractivity contribution in [3.05, 3.63) is 71.4 Å². The van der Waals surface area contributed by atoms with Crippen LogP contribution in [0.1, 0.15) is 26.4 Å². The molecule has 0 amide bonds. The highest BCUT2D eigenvalue weighted by Gasteiger charge is 2.17. The first-order valence-electron chi connectivity index (χ1n) is 6.97. The van der Waals surface area contributed by atoms with Crippen molar-refractivity contribution < 1.29 is 18.8 Å². The maximum atomic E-state index is 12.1. The van der Waals surface area contributed by atoms with E-state index in [1.54, 1.807) is 24.3 Å². The Kier molecular flexibility index (Phi) is 4.01. The quantitative estimate of drug-likeness (QED) is 0.418. The lowest BCUT2D eigenvalue weighted by molar-refractivity contribution is 0.0723. The van der Waals surface area contributed by atoms with E-state index in [-0.39, 0.29) is 11.4 Å². The molecule has 1 aromatic heterocycles. The van der Waals surface area contributed by atoms with E-state index in [9.17, 15) is 9.59 Å². The van der Waals surface area contributed by atoms with Crippen molar-refractivity contribution in [2.75, 3.05) is 0 Å². The summed E-state index contributed by atoms with van der Waals surface area (Å²) >= 11 is 0. The average molecular weight is 307 g/mol. The molecule has 0 aliphatic carbocycles. The van der Waals surface area contributed by atoms with Gasteiger partial charge in [-0.3, -0.25) is 4.79 Å². The van der Waals surface area contributed by atoms with E-state index in [0.29, 0.717) is 17.6 Å². The van der Waals surface area contributed by atoms with Gasteiger partial charge in [-0.25, -0.2) is 4.79 Å². The molecule has 0 aliphatic rings. The first kappa shape index (κ1) is 14.7. The van der Waals surface area contributed by atoms with Crippen molar-refractivity contribution in [1.29, 1.82) is 0 Å². The van der Waals surface area contributed by atoms with Gasteiger partial charge in [0.05, 0.1) is 5.56 Å². The zero-order valence-corrected chi connectivity index (χ0v) is 12.4. The Bertz CT molecular complexity index is 849. The fraction of sp³-hybridized carbons (Fsp3) is 0.0556. The van der Waals surface area contributed by atoms with Crippen LogP contribution in [0.4, 0.5) is 0 Å². The molecule has 1 heterocycles. The van der Waals surface area contributed by atoms with E-state index in [1.165, 1.54) is 6.07 Å². The van der Waals surface area contributed by atoms with Crippen LogP contribution in [-0.2, 0) is 0 Å². The zero-order chi connectivity index (χ0) is 16.2. The number of para-hydroxylation sites is 1. The highest BCUT2D eigenvalue weighted by atomic mass is 16.5. The smallest absolute Gasteiger partial charge is 0.365 e. The number of aryl methyl sites for hydroxylation is 1. The van der Waals surface area contributed by atoms with Crippen LogP contribution < -0.4 is 4.74 Å². The Morgan fingerprint density at radius 3 is 2.61 bits per heavy atom. The Morgan fingerprint density at radius 1 is 1.13 bits per heavy atom. The fourth-order valence-corrected chi connectivity index (χ4v) is 2.05. The minimum Gasteiger partial charge on any atom is -0.421 e. The average Bonchev–Trinajstić information content (AvgIpc) is 3.06. The molecule has 23 heavy (non-hydrogen) atoms. The molecular formula is C18H13NO4. The van der Waals surface area contributed by atoms with E-state index in [1.807, 2.05) is 31.2 Å². The number of hydrogen-bond donors (Lipinski definition) is 0. The highest BCUT2D eigenvalue weighted by molar-refractivity contribution is 5.91. The Balaban J connectivity index is 1.81. The summed E-state index contributed by atoms with van der Waals surface area (Å²) in [6, 6.07) is 15.6. The van der Waals surface area contributed by atoms with Crippen LogP contribution in [0.25, 0.3) is 11.3 Å². The van der Waals surface area contributed by atoms with Crippen molar-refractivity contribution in [2.24, 2.45) is 0 Å². The maximum absolute atomic E-state index is 12.1. The predicted molar refractivity (Wildman–Crippen MR) is 83.5 cm³/mol. The predicted octanol–water partition coefficient (Wildman–Crippen LogP) is 3.68. The van der Waals surface area contributed by atoms with Crippen molar-refractivity contribution in [1.82, 2.24) is 5.16 Å². The second kappa shape index (κ2) is 6.27. The summed E-state index contributed by atoms with van der Waals surface area (Å²) in [5.74, 6) is -0.0191. The van der Waals surface area contributed by atoms with Gasteiger partial charge in [0.15, 0.2) is 17.7 Å². The summed E-state index contributed by atoms with van der Waals surface area (Å²) in [6.45, 7) is 1.98. The molecule has 5 nitrogen and oxygen atoms in total. The number of aromatic nitrogens is 1. The molecule has 0 saturated carbocycles. The van der Waals surface area contributed by atoms with Crippen molar-refractivity contribution in [2.45, 2.75) is 6.92 Å². The Morgan fingerprint density at radius 2 is 1.87 bits per heavy atom. The summed E-state index contributed by atoms with van der Waals surface area (Å²) in [4.78, 5) is 23.1. The van der Waals surface area contributed by atoms with Gasteiger partial charge in [0.1, 0.15) is 5.75 Å². The third kappa shape index (κ3) is 3.18. The molecule has 0 spiro atoms. The van der Waals surface area contributed by atoms with Gasteiger partial charge in [0.25, 0.3) is 0 Å². The molecule has 114 valence electrons. The number of aldehydes is 1. The number of hydrogen-bond acceptors (Lipinski definition) is 5. The summed E-state index contributed by atoms with van der Waals surface area (Å²) in [7, 11) is 0. The van der Waals surface area contributed by atoms with Gasteiger partial charge >= 0.3 is 5.97 Å². The second-order valence-corrected chi connectivity index (χ2v) is 4.99. The minimum absolute atomic E-state index is 0.0428. The van der Waals surface area contributed by atoms with E-state index < -0.39 is 5.97 Å². The van der Waals surface area contributed by atoms with Crippen LogP contribution in [0.3, 0.4) is 0 Å². The van der Waals surface area contributed by atoms with Crippen molar-refractivity contribution in [3.8, 4) is 17.1 Å². The van der Waals surface area contributed by atoms with E-state index in [4.69, 9.17) is 9.26 Å². The number of esters is 1. The van der Waals surface area contributed by atoms with Gasteiger partial charge in [-0.15, -0.1) is 0 Å². The minimum atomic E-state index is -0.679. The SMILES string of the molecule is Cc1ccc(-c2cc(C(=O)Oc3ccccc3C=O)no2)cc1. The number of carbonyl (C=O) groups is 2. The van der Waals surface area contributed by atoms with Crippen LogP contribution in [0.15, 0.2) is 59.1 Å². The van der Waals surface area contributed by atoms with Crippen LogP contribution in [0, 0.1) is 6.92 Å². The monoisotopic (exact) mass is 307 g/mol. The van der Waals surface area contributed by atoms with Gasteiger partial charge in [-0.05, 0) is 19.1 Å². The first-order valence-corrected chi connectivity index (χ1v) is 6.97.